The largest absolute Gasteiger partial charge is 0.497 e. The van der Waals surface area contributed by atoms with Crippen molar-refractivity contribution >= 4 is 5.95 Å². The number of allylic oxidation sites excluding steroid dienone is 7. The lowest BCUT2D eigenvalue weighted by Crippen LogP contribution is -2.29. The molecule has 0 saturated heterocycles. The minimum Gasteiger partial charge on any atom is -0.497 e. The smallest absolute Gasteiger partial charge is 0.227 e. The molecule has 3 unspecified atom stereocenters. The third-order valence-corrected chi connectivity index (χ3v) is 6.71. The molecule has 1 fully saturated rings. The van der Waals surface area contributed by atoms with Crippen LogP contribution in [0, 0.1) is 11.3 Å². The van der Waals surface area contributed by atoms with Crippen molar-refractivity contribution in [1.29, 1.82) is 0 Å². The first kappa shape index (κ1) is 20.2. The van der Waals surface area contributed by atoms with E-state index in [1.165, 1.54) is 6.08 Å². The number of hydrogen-bond donors (Lipinski definition) is 1. The summed E-state index contributed by atoms with van der Waals surface area (Å²) >= 11 is 0. The summed E-state index contributed by atoms with van der Waals surface area (Å²) in [4.78, 5) is 11.6. The van der Waals surface area contributed by atoms with Gasteiger partial charge in [0.1, 0.15) is 11.6 Å². The quantitative estimate of drug-likeness (QED) is 0.619. The Hall–Kier alpha value is -2.73. The fraction of sp³-hybridized carbons (Fsp3) is 0.440. The first-order chi connectivity index (χ1) is 15.0. The van der Waals surface area contributed by atoms with Crippen LogP contribution in [0.25, 0.3) is 0 Å². The molecule has 3 atom stereocenters. The van der Waals surface area contributed by atoms with Crippen LogP contribution in [0.3, 0.4) is 0 Å². The molecule has 1 aromatic rings. The van der Waals surface area contributed by atoms with Crippen LogP contribution in [-0.4, -0.2) is 41.6 Å². The Morgan fingerprint density at radius 2 is 2.23 bits per heavy atom. The van der Waals surface area contributed by atoms with Gasteiger partial charge in [-0.15, -0.1) is 0 Å². The van der Waals surface area contributed by atoms with Crippen LogP contribution in [0.15, 0.2) is 72.1 Å². The highest BCUT2D eigenvalue weighted by Crippen LogP contribution is 2.59. The van der Waals surface area contributed by atoms with Gasteiger partial charge in [-0.3, -0.25) is 0 Å². The minimum atomic E-state index is -0.582. The number of nitrogens with zero attached hydrogens (tertiary/aromatic N) is 3. The molecule has 0 amide bonds. The van der Waals surface area contributed by atoms with Gasteiger partial charge in [0, 0.05) is 54.2 Å². The van der Waals surface area contributed by atoms with Crippen molar-refractivity contribution < 1.29 is 9.13 Å². The SMILES string of the molecule is CN1C/C=C/CCOC2=CC(F)=CC(C)(C2)c2ccnc(n2)NC2=CC=CC3(CC23)C1. The second-order valence-electron chi connectivity index (χ2n) is 9.40. The second kappa shape index (κ2) is 7.75. The highest BCUT2D eigenvalue weighted by molar-refractivity contribution is 5.46. The average Bonchev–Trinajstić information content (AvgIpc) is 3.45. The van der Waals surface area contributed by atoms with Crippen molar-refractivity contribution in [2.75, 3.05) is 32.1 Å². The van der Waals surface area contributed by atoms with Gasteiger partial charge in [0.15, 0.2) is 0 Å². The van der Waals surface area contributed by atoms with E-state index in [-0.39, 0.29) is 11.2 Å². The van der Waals surface area contributed by atoms with E-state index in [0.29, 0.717) is 30.7 Å². The summed E-state index contributed by atoms with van der Waals surface area (Å²) in [7, 11) is 2.16. The summed E-state index contributed by atoms with van der Waals surface area (Å²) in [5.74, 6) is 1.39. The van der Waals surface area contributed by atoms with Crippen LogP contribution >= 0.6 is 0 Å². The Morgan fingerprint density at radius 1 is 1.32 bits per heavy atom. The van der Waals surface area contributed by atoms with Crippen molar-refractivity contribution in [2.45, 2.75) is 31.6 Å². The van der Waals surface area contributed by atoms with Crippen LogP contribution in [0.4, 0.5) is 10.3 Å². The second-order valence-corrected chi connectivity index (χ2v) is 9.40. The number of aromatic nitrogens is 2. The number of likely N-dealkylation sites (N-methyl/N-ethyl adjacent to an activating group) is 1. The lowest BCUT2D eigenvalue weighted by molar-refractivity contribution is 0.193. The van der Waals surface area contributed by atoms with Crippen LogP contribution in [0.5, 0.6) is 0 Å². The van der Waals surface area contributed by atoms with Gasteiger partial charge >= 0.3 is 0 Å². The maximum Gasteiger partial charge on any atom is 0.227 e. The van der Waals surface area contributed by atoms with Gasteiger partial charge in [-0.2, -0.15) is 0 Å². The van der Waals surface area contributed by atoms with Crippen LogP contribution < -0.4 is 5.32 Å². The van der Waals surface area contributed by atoms with E-state index >= 15 is 0 Å². The topological polar surface area (TPSA) is 50.3 Å². The molecule has 1 saturated carbocycles. The molecular formula is C25H29FN4O. The maximum absolute atomic E-state index is 14.5. The summed E-state index contributed by atoms with van der Waals surface area (Å²) in [6.45, 7) is 4.45. The Balaban J connectivity index is 1.46. The molecule has 5 rings (SSSR count). The van der Waals surface area contributed by atoms with Gasteiger partial charge in [0.25, 0.3) is 0 Å². The number of anilines is 1. The van der Waals surface area contributed by atoms with E-state index in [1.54, 1.807) is 12.3 Å². The number of hydrogen-bond acceptors (Lipinski definition) is 5. The standard InChI is InChI=1S/C25H29FN4O/c1-24-14-18(26)13-19(15-24)31-12-5-3-4-11-30(2)17-25-9-6-7-21(20(25)16-25)28-23-27-10-8-22(24)29-23/h3-4,6-10,13-14,20H,5,11-12,15-17H2,1-2H3,(H,27,28,29)/b4-3+. The van der Waals surface area contributed by atoms with Crippen LogP contribution in [0.2, 0.25) is 0 Å². The molecule has 5 nitrogen and oxygen atoms in total. The summed E-state index contributed by atoms with van der Waals surface area (Å²) in [5.41, 5.74) is 1.54. The zero-order chi connectivity index (χ0) is 21.5. The fourth-order valence-electron chi connectivity index (χ4n) is 5.03. The zero-order valence-electron chi connectivity index (χ0n) is 18.1. The van der Waals surface area contributed by atoms with Crippen molar-refractivity contribution in [3.05, 3.63) is 77.8 Å². The predicted molar refractivity (Wildman–Crippen MR) is 120 cm³/mol. The molecule has 162 valence electrons. The molecular weight excluding hydrogens is 391 g/mol. The minimum absolute atomic E-state index is 0.187. The maximum atomic E-state index is 14.5. The van der Waals surface area contributed by atoms with Crippen molar-refractivity contribution in [3.8, 4) is 0 Å². The van der Waals surface area contributed by atoms with E-state index in [2.05, 4.69) is 52.6 Å². The molecule has 1 aromatic heterocycles. The molecule has 6 bridgehead atoms. The van der Waals surface area contributed by atoms with Gasteiger partial charge in [-0.1, -0.05) is 24.3 Å². The third kappa shape index (κ3) is 4.09. The Labute approximate surface area is 183 Å². The average molecular weight is 421 g/mol. The molecule has 1 aliphatic heterocycles. The molecule has 31 heavy (non-hydrogen) atoms. The van der Waals surface area contributed by atoms with E-state index in [4.69, 9.17) is 9.72 Å². The molecule has 0 aromatic carbocycles. The lowest BCUT2D eigenvalue weighted by atomic mass is 9.79. The van der Waals surface area contributed by atoms with Crippen molar-refractivity contribution in [1.82, 2.24) is 14.9 Å². The number of halogens is 1. The van der Waals surface area contributed by atoms with Gasteiger partial charge in [0.2, 0.25) is 5.95 Å². The molecule has 1 N–H and O–H groups in total. The first-order valence-corrected chi connectivity index (χ1v) is 11.0. The highest BCUT2D eigenvalue weighted by atomic mass is 19.1. The van der Waals surface area contributed by atoms with Gasteiger partial charge in [0.05, 0.1) is 12.3 Å². The van der Waals surface area contributed by atoms with Crippen molar-refractivity contribution in [2.24, 2.45) is 11.3 Å². The number of nitrogens with one attached hydrogen (secondary N) is 1. The fourth-order valence-corrected chi connectivity index (χ4v) is 5.03. The van der Waals surface area contributed by atoms with Crippen LogP contribution in [-0.2, 0) is 10.2 Å². The summed E-state index contributed by atoms with van der Waals surface area (Å²) in [6.07, 6.45) is 18.3. The highest BCUT2D eigenvalue weighted by Gasteiger charge is 2.55. The van der Waals surface area contributed by atoms with Crippen LogP contribution in [0.1, 0.15) is 31.9 Å². The Bertz CT molecular complexity index is 1030. The zero-order valence-corrected chi connectivity index (χ0v) is 18.1. The van der Waals surface area contributed by atoms with E-state index < -0.39 is 5.41 Å². The normalized spacial score (nSPS) is 33.9. The Morgan fingerprint density at radius 3 is 3.13 bits per heavy atom. The number of rotatable bonds is 0. The van der Waals surface area contributed by atoms with E-state index in [0.717, 1.165) is 37.3 Å². The molecule has 2 heterocycles. The lowest BCUT2D eigenvalue weighted by Gasteiger charge is -2.30. The molecule has 4 aliphatic rings. The van der Waals surface area contributed by atoms with Gasteiger partial charge < -0.3 is 15.0 Å². The summed E-state index contributed by atoms with van der Waals surface area (Å²) in [6, 6.07) is 1.87. The Kier molecular flexibility index (Phi) is 5.05. The molecule has 3 aliphatic carbocycles. The van der Waals surface area contributed by atoms with Gasteiger partial charge in [-0.25, -0.2) is 14.4 Å². The predicted octanol–water partition coefficient (Wildman–Crippen LogP) is 4.66. The monoisotopic (exact) mass is 420 g/mol. The molecule has 0 spiro atoms. The first-order valence-electron chi connectivity index (χ1n) is 11.0. The van der Waals surface area contributed by atoms with Crippen molar-refractivity contribution in [3.63, 3.8) is 0 Å². The van der Waals surface area contributed by atoms with E-state index in [1.807, 2.05) is 13.0 Å². The summed E-state index contributed by atoms with van der Waals surface area (Å²) < 4.78 is 20.4. The number of ether oxygens (including phenoxy) is 1. The molecule has 0 radical (unpaired) electrons. The molecule has 6 heteroatoms. The van der Waals surface area contributed by atoms with Gasteiger partial charge in [-0.05, 0) is 45.0 Å². The summed E-state index contributed by atoms with van der Waals surface area (Å²) in [5, 5.41) is 3.45. The number of fused-ring (bicyclic) bond motifs is 5. The third-order valence-electron chi connectivity index (χ3n) is 6.71. The van der Waals surface area contributed by atoms with E-state index in [9.17, 15) is 4.39 Å².